The summed E-state index contributed by atoms with van der Waals surface area (Å²) in [6.07, 6.45) is 3.36. The van der Waals surface area contributed by atoms with Crippen molar-refractivity contribution in [2.45, 2.75) is 12.3 Å². The number of methoxy groups -OCH3 is 1. The van der Waals surface area contributed by atoms with Gasteiger partial charge < -0.3 is 10.1 Å². The van der Waals surface area contributed by atoms with Crippen LogP contribution in [0.1, 0.15) is 17.9 Å². The molecule has 0 aromatic heterocycles. The Morgan fingerprint density at radius 3 is 2.83 bits per heavy atom. The molecule has 4 heteroatoms. The van der Waals surface area contributed by atoms with Crippen LogP contribution in [0.15, 0.2) is 28.7 Å². The van der Waals surface area contributed by atoms with Gasteiger partial charge in [0.2, 0.25) is 0 Å². The maximum absolute atomic E-state index is 5.06. The molecule has 0 aliphatic carbocycles. The second-order valence-corrected chi connectivity index (χ2v) is 6.04. The van der Waals surface area contributed by atoms with E-state index < -0.39 is 0 Å². The summed E-state index contributed by atoms with van der Waals surface area (Å²) in [7, 11) is 1.74. The molecule has 1 unspecified atom stereocenters. The third-order valence-electron chi connectivity index (χ3n) is 2.89. The van der Waals surface area contributed by atoms with E-state index >= 15 is 0 Å². The summed E-state index contributed by atoms with van der Waals surface area (Å²) in [4.78, 5) is 0. The highest BCUT2D eigenvalue weighted by molar-refractivity contribution is 9.10. The molecule has 1 aromatic carbocycles. The number of rotatable bonds is 9. The van der Waals surface area contributed by atoms with Crippen molar-refractivity contribution in [1.29, 1.82) is 0 Å². The largest absolute Gasteiger partial charge is 0.383 e. The number of thioether (sulfide) groups is 1. The Morgan fingerprint density at radius 1 is 1.39 bits per heavy atom. The van der Waals surface area contributed by atoms with Crippen molar-refractivity contribution in [3.8, 4) is 0 Å². The lowest BCUT2D eigenvalue weighted by atomic mass is 9.96. The average molecular weight is 332 g/mol. The minimum Gasteiger partial charge on any atom is -0.383 e. The molecule has 1 aromatic rings. The first-order chi connectivity index (χ1) is 8.79. The predicted molar refractivity (Wildman–Crippen MR) is 84.6 cm³/mol. The first-order valence-corrected chi connectivity index (χ1v) is 8.41. The lowest BCUT2D eigenvalue weighted by Crippen LogP contribution is -2.25. The SMILES string of the molecule is COCCNCC(CCSC)c1ccccc1Br. The van der Waals surface area contributed by atoms with E-state index in [2.05, 4.69) is 51.8 Å². The molecule has 0 heterocycles. The summed E-state index contributed by atoms with van der Waals surface area (Å²) in [6, 6.07) is 8.52. The molecule has 102 valence electrons. The van der Waals surface area contributed by atoms with Gasteiger partial charge >= 0.3 is 0 Å². The lowest BCUT2D eigenvalue weighted by molar-refractivity contribution is 0.199. The monoisotopic (exact) mass is 331 g/mol. The average Bonchev–Trinajstić information content (AvgIpc) is 2.39. The summed E-state index contributed by atoms with van der Waals surface area (Å²) in [5, 5.41) is 3.47. The molecule has 18 heavy (non-hydrogen) atoms. The molecule has 1 rings (SSSR count). The number of hydrogen-bond donors (Lipinski definition) is 1. The van der Waals surface area contributed by atoms with Crippen molar-refractivity contribution >= 4 is 27.7 Å². The lowest BCUT2D eigenvalue weighted by Gasteiger charge is -2.19. The first-order valence-electron chi connectivity index (χ1n) is 6.22. The Bertz CT molecular complexity index is 335. The first kappa shape index (κ1) is 16.0. The van der Waals surface area contributed by atoms with E-state index in [0.29, 0.717) is 5.92 Å². The van der Waals surface area contributed by atoms with E-state index in [0.717, 1.165) is 19.7 Å². The van der Waals surface area contributed by atoms with Gasteiger partial charge in [-0.05, 0) is 36.0 Å². The standard InChI is InChI=1S/C14H22BrNOS/c1-17-9-8-16-11-12(7-10-18-2)13-5-3-4-6-14(13)15/h3-6,12,16H,7-11H2,1-2H3. The molecule has 0 saturated carbocycles. The zero-order valence-corrected chi connectivity index (χ0v) is 13.5. The minimum atomic E-state index is 0.560. The van der Waals surface area contributed by atoms with Crippen LogP contribution >= 0.6 is 27.7 Å². The van der Waals surface area contributed by atoms with Gasteiger partial charge in [0.1, 0.15) is 0 Å². The molecular formula is C14H22BrNOS. The molecule has 0 radical (unpaired) electrons. The highest BCUT2D eigenvalue weighted by Gasteiger charge is 2.13. The highest BCUT2D eigenvalue weighted by Crippen LogP contribution is 2.27. The van der Waals surface area contributed by atoms with Crippen molar-refractivity contribution in [2.75, 3.05) is 38.8 Å². The topological polar surface area (TPSA) is 21.3 Å². The van der Waals surface area contributed by atoms with Crippen LogP contribution in [0.5, 0.6) is 0 Å². The maximum Gasteiger partial charge on any atom is 0.0587 e. The fourth-order valence-corrected chi connectivity index (χ4v) is 3.01. The van der Waals surface area contributed by atoms with E-state index in [1.54, 1.807) is 7.11 Å². The number of ether oxygens (including phenoxy) is 1. The van der Waals surface area contributed by atoms with Crippen molar-refractivity contribution in [1.82, 2.24) is 5.32 Å². The number of nitrogens with one attached hydrogen (secondary N) is 1. The Hall–Kier alpha value is -0.0300. The molecule has 0 aliphatic rings. The molecule has 1 N–H and O–H groups in total. The van der Waals surface area contributed by atoms with E-state index in [1.807, 2.05) is 11.8 Å². The molecule has 0 saturated heterocycles. The summed E-state index contributed by atoms with van der Waals surface area (Å²) in [5.74, 6) is 1.75. The second kappa shape index (κ2) is 9.84. The van der Waals surface area contributed by atoms with E-state index in [-0.39, 0.29) is 0 Å². The van der Waals surface area contributed by atoms with Crippen LogP contribution in [0.3, 0.4) is 0 Å². The van der Waals surface area contributed by atoms with E-state index in [1.165, 1.54) is 22.2 Å². The molecule has 0 aliphatic heterocycles. The molecular weight excluding hydrogens is 310 g/mol. The minimum absolute atomic E-state index is 0.560. The van der Waals surface area contributed by atoms with Gasteiger partial charge in [0.05, 0.1) is 6.61 Å². The summed E-state index contributed by atoms with van der Waals surface area (Å²) < 4.78 is 6.27. The van der Waals surface area contributed by atoms with Crippen molar-refractivity contribution in [3.63, 3.8) is 0 Å². The van der Waals surface area contributed by atoms with Crippen LogP contribution < -0.4 is 5.32 Å². The smallest absolute Gasteiger partial charge is 0.0587 e. The number of benzene rings is 1. The van der Waals surface area contributed by atoms with Crippen LogP contribution in [0, 0.1) is 0 Å². The van der Waals surface area contributed by atoms with Gasteiger partial charge in [-0.15, -0.1) is 0 Å². The fourth-order valence-electron chi connectivity index (χ4n) is 1.88. The zero-order valence-electron chi connectivity index (χ0n) is 11.1. The van der Waals surface area contributed by atoms with Crippen molar-refractivity contribution in [2.24, 2.45) is 0 Å². The van der Waals surface area contributed by atoms with Gasteiger partial charge in [-0.2, -0.15) is 11.8 Å². The van der Waals surface area contributed by atoms with Crippen LogP contribution in [0.25, 0.3) is 0 Å². The molecule has 2 nitrogen and oxygen atoms in total. The van der Waals surface area contributed by atoms with Gasteiger partial charge in [-0.3, -0.25) is 0 Å². The molecule has 1 atom stereocenters. The second-order valence-electron chi connectivity index (χ2n) is 4.20. The highest BCUT2D eigenvalue weighted by atomic mass is 79.9. The predicted octanol–water partition coefficient (Wildman–Crippen LogP) is 3.52. The molecule has 0 fully saturated rings. The Kier molecular flexibility index (Phi) is 8.76. The van der Waals surface area contributed by atoms with Gasteiger partial charge in [-0.1, -0.05) is 34.1 Å². The van der Waals surface area contributed by atoms with Gasteiger partial charge in [-0.25, -0.2) is 0 Å². The molecule has 0 bridgehead atoms. The van der Waals surface area contributed by atoms with Gasteiger partial charge in [0.25, 0.3) is 0 Å². The number of halogens is 1. The van der Waals surface area contributed by atoms with Gasteiger partial charge in [0, 0.05) is 24.7 Å². The van der Waals surface area contributed by atoms with Crippen LogP contribution in [0.4, 0.5) is 0 Å². The maximum atomic E-state index is 5.06. The molecule has 0 spiro atoms. The zero-order chi connectivity index (χ0) is 13.2. The van der Waals surface area contributed by atoms with Gasteiger partial charge in [0.15, 0.2) is 0 Å². The Morgan fingerprint density at radius 2 is 2.17 bits per heavy atom. The van der Waals surface area contributed by atoms with Crippen LogP contribution in [0.2, 0.25) is 0 Å². The fraction of sp³-hybridized carbons (Fsp3) is 0.571. The summed E-state index contributed by atoms with van der Waals surface area (Å²) in [5.41, 5.74) is 1.40. The van der Waals surface area contributed by atoms with Crippen molar-refractivity contribution < 1.29 is 4.74 Å². The van der Waals surface area contributed by atoms with Crippen molar-refractivity contribution in [3.05, 3.63) is 34.3 Å². The van der Waals surface area contributed by atoms with E-state index in [4.69, 9.17) is 4.74 Å². The Labute approximate surface area is 123 Å². The third kappa shape index (κ3) is 5.74. The third-order valence-corrected chi connectivity index (χ3v) is 4.26. The molecule has 0 amide bonds. The van der Waals surface area contributed by atoms with E-state index in [9.17, 15) is 0 Å². The summed E-state index contributed by atoms with van der Waals surface area (Å²) in [6.45, 7) is 2.69. The summed E-state index contributed by atoms with van der Waals surface area (Å²) >= 11 is 5.56. The normalized spacial score (nSPS) is 12.6. The quantitative estimate of drug-likeness (QED) is 0.699. The number of hydrogen-bond acceptors (Lipinski definition) is 3. The van der Waals surface area contributed by atoms with Crippen LogP contribution in [-0.2, 0) is 4.74 Å². The van der Waals surface area contributed by atoms with Crippen LogP contribution in [-0.4, -0.2) is 38.8 Å². The Balaban J connectivity index is 2.57.